The van der Waals surface area contributed by atoms with Crippen molar-refractivity contribution >= 4 is 0 Å². The van der Waals surface area contributed by atoms with Crippen molar-refractivity contribution in [2.45, 2.75) is 59.1 Å². The molecule has 20 heavy (non-hydrogen) atoms. The number of hydrogen-bond donors (Lipinski definition) is 1. The molecule has 1 heterocycles. The molecule has 1 aromatic carbocycles. The van der Waals surface area contributed by atoms with Gasteiger partial charge in [-0.25, -0.2) is 0 Å². The Morgan fingerprint density at radius 3 is 2.50 bits per heavy atom. The smallest absolute Gasteiger partial charge is 0.0619 e. The first-order valence-electron chi connectivity index (χ1n) is 8.08. The van der Waals surface area contributed by atoms with Crippen LogP contribution in [0.15, 0.2) is 18.2 Å². The minimum absolute atomic E-state index is 0.408. The summed E-state index contributed by atoms with van der Waals surface area (Å²) in [5, 5.41) is 3.77. The van der Waals surface area contributed by atoms with Crippen LogP contribution in [-0.2, 0) is 4.74 Å². The molecule has 2 heteroatoms. The first-order chi connectivity index (χ1) is 9.65. The zero-order chi connectivity index (χ0) is 14.5. The molecule has 1 N–H and O–H groups in total. The molecule has 1 aromatic rings. The lowest BCUT2D eigenvalue weighted by Gasteiger charge is -2.29. The zero-order valence-electron chi connectivity index (χ0n) is 13.4. The molecule has 2 nitrogen and oxygen atoms in total. The third-order valence-electron chi connectivity index (χ3n) is 4.31. The Labute approximate surface area is 123 Å². The second-order valence-corrected chi connectivity index (χ2v) is 6.12. The number of ether oxygens (including phenoxy) is 1. The molecule has 0 aliphatic carbocycles. The molecule has 0 aromatic heterocycles. The highest BCUT2D eigenvalue weighted by atomic mass is 16.5. The van der Waals surface area contributed by atoms with E-state index >= 15 is 0 Å². The highest BCUT2D eigenvalue weighted by Crippen LogP contribution is 2.35. The van der Waals surface area contributed by atoms with Gasteiger partial charge in [0.1, 0.15) is 0 Å². The molecule has 3 unspecified atom stereocenters. The van der Waals surface area contributed by atoms with Crippen LogP contribution in [0.25, 0.3) is 0 Å². The highest BCUT2D eigenvalue weighted by Gasteiger charge is 2.34. The summed E-state index contributed by atoms with van der Waals surface area (Å²) in [5.41, 5.74) is 4.15. The molecule has 3 atom stereocenters. The SMILES string of the molecule is CCCNC(c1cc(C)cc(C)c1)C1CCOC1CC. The van der Waals surface area contributed by atoms with Crippen LogP contribution in [0.4, 0.5) is 0 Å². The van der Waals surface area contributed by atoms with Crippen molar-refractivity contribution in [3.05, 3.63) is 34.9 Å². The third kappa shape index (κ3) is 3.62. The fraction of sp³-hybridized carbons (Fsp3) is 0.667. The van der Waals surface area contributed by atoms with Crippen molar-refractivity contribution in [2.24, 2.45) is 5.92 Å². The van der Waals surface area contributed by atoms with Crippen molar-refractivity contribution in [3.8, 4) is 0 Å². The van der Waals surface area contributed by atoms with Crippen molar-refractivity contribution in [1.29, 1.82) is 0 Å². The Kier molecular flexibility index (Phi) is 5.62. The second-order valence-electron chi connectivity index (χ2n) is 6.12. The molecule has 112 valence electrons. The van der Waals surface area contributed by atoms with Gasteiger partial charge in [-0.2, -0.15) is 0 Å². The lowest BCUT2D eigenvalue weighted by atomic mass is 9.85. The van der Waals surface area contributed by atoms with Crippen LogP contribution in [0.1, 0.15) is 55.8 Å². The molecule has 2 rings (SSSR count). The van der Waals surface area contributed by atoms with Gasteiger partial charge in [-0.1, -0.05) is 43.2 Å². The monoisotopic (exact) mass is 275 g/mol. The van der Waals surface area contributed by atoms with Crippen LogP contribution in [0.2, 0.25) is 0 Å². The largest absolute Gasteiger partial charge is 0.378 e. The van der Waals surface area contributed by atoms with Gasteiger partial charge in [0.2, 0.25) is 0 Å². The third-order valence-corrected chi connectivity index (χ3v) is 4.31. The van der Waals surface area contributed by atoms with Crippen molar-refractivity contribution in [2.75, 3.05) is 13.2 Å². The number of rotatable bonds is 6. The Balaban J connectivity index is 2.26. The van der Waals surface area contributed by atoms with Gasteiger partial charge in [0, 0.05) is 18.6 Å². The van der Waals surface area contributed by atoms with E-state index in [2.05, 4.69) is 51.2 Å². The van der Waals surface area contributed by atoms with Crippen molar-refractivity contribution in [3.63, 3.8) is 0 Å². The molecule has 0 saturated carbocycles. The van der Waals surface area contributed by atoms with Gasteiger partial charge in [0.15, 0.2) is 0 Å². The van der Waals surface area contributed by atoms with Gasteiger partial charge < -0.3 is 10.1 Å². The number of hydrogen-bond acceptors (Lipinski definition) is 2. The van der Waals surface area contributed by atoms with Gasteiger partial charge in [0.05, 0.1) is 6.10 Å². The molecule has 1 fully saturated rings. The van der Waals surface area contributed by atoms with E-state index in [9.17, 15) is 0 Å². The summed E-state index contributed by atoms with van der Waals surface area (Å²) >= 11 is 0. The molecule has 1 aliphatic rings. The topological polar surface area (TPSA) is 21.3 Å². The number of aryl methyl sites for hydroxylation is 2. The van der Waals surface area contributed by atoms with Crippen LogP contribution in [0.3, 0.4) is 0 Å². The van der Waals surface area contributed by atoms with Crippen LogP contribution in [-0.4, -0.2) is 19.3 Å². The second kappa shape index (κ2) is 7.24. The molecule has 0 spiro atoms. The fourth-order valence-electron chi connectivity index (χ4n) is 3.47. The van der Waals surface area contributed by atoms with E-state index in [1.54, 1.807) is 0 Å². The first-order valence-corrected chi connectivity index (χ1v) is 8.08. The first kappa shape index (κ1) is 15.5. The quantitative estimate of drug-likeness (QED) is 0.841. The minimum Gasteiger partial charge on any atom is -0.378 e. The Bertz CT molecular complexity index is 409. The van der Waals surface area contributed by atoms with Gasteiger partial charge in [0.25, 0.3) is 0 Å². The van der Waals surface area contributed by atoms with Crippen molar-refractivity contribution in [1.82, 2.24) is 5.32 Å². The summed E-state index contributed by atoms with van der Waals surface area (Å²) in [5.74, 6) is 0.604. The van der Waals surface area contributed by atoms with Crippen LogP contribution < -0.4 is 5.32 Å². The summed E-state index contributed by atoms with van der Waals surface area (Å²) in [6.07, 6.45) is 3.86. The van der Waals surface area contributed by atoms with E-state index in [-0.39, 0.29) is 0 Å². The Morgan fingerprint density at radius 2 is 1.90 bits per heavy atom. The van der Waals surface area contributed by atoms with Gasteiger partial charge in [-0.15, -0.1) is 0 Å². The molecule has 0 amide bonds. The molecule has 0 bridgehead atoms. The molecule has 1 aliphatic heterocycles. The standard InChI is InChI=1S/C18H29NO/c1-5-8-19-18(16-7-9-20-17(16)6-2)15-11-13(3)10-14(4)12-15/h10-12,16-19H,5-9H2,1-4H3. The van der Waals surface area contributed by atoms with E-state index in [4.69, 9.17) is 4.74 Å². The Hall–Kier alpha value is -0.860. The number of nitrogens with one attached hydrogen (secondary N) is 1. The molecular weight excluding hydrogens is 246 g/mol. The summed E-state index contributed by atoms with van der Waals surface area (Å²) < 4.78 is 5.92. The normalized spacial score (nSPS) is 24.0. The fourth-order valence-corrected chi connectivity index (χ4v) is 3.47. The Morgan fingerprint density at radius 1 is 1.20 bits per heavy atom. The van der Waals surface area contributed by atoms with E-state index < -0.39 is 0 Å². The molecule has 1 saturated heterocycles. The van der Waals surface area contributed by atoms with E-state index in [1.165, 1.54) is 29.5 Å². The van der Waals surface area contributed by atoms with Crippen molar-refractivity contribution < 1.29 is 4.74 Å². The maximum Gasteiger partial charge on any atom is 0.0619 e. The van der Waals surface area contributed by atoms with Gasteiger partial charge in [-0.05, 0) is 45.2 Å². The summed E-state index contributed by atoms with van der Waals surface area (Å²) in [6.45, 7) is 10.8. The zero-order valence-corrected chi connectivity index (χ0v) is 13.4. The van der Waals surface area contributed by atoms with E-state index in [0.29, 0.717) is 18.1 Å². The predicted octanol–water partition coefficient (Wildman–Crippen LogP) is 4.16. The summed E-state index contributed by atoms with van der Waals surface area (Å²) in [6, 6.07) is 7.36. The number of benzene rings is 1. The van der Waals surface area contributed by atoms with Gasteiger partial charge >= 0.3 is 0 Å². The lowest BCUT2D eigenvalue weighted by molar-refractivity contribution is 0.0774. The van der Waals surface area contributed by atoms with Gasteiger partial charge in [-0.3, -0.25) is 0 Å². The van der Waals surface area contributed by atoms with Crippen LogP contribution in [0.5, 0.6) is 0 Å². The maximum atomic E-state index is 5.92. The molecular formula is C18H29NO. The summed E-state index contributed by atoms with van der Waals surface area (Å²) in [4.78, 5) is 0. The molecule has 0 radical (unpaired) electrons. The van der Waals surface area contributed by atoms with Crippen LogP contribution >= 0.6 is 0 Å². The average Bonchev–Trinajstić information content (AvgIpc) is 2.86. The van der Waals surface area contributed by atoms with E-state index in [1.807, 2.05) is 0 Å². The minimum atomic E-state index is 0.408. The lowest BCUT2D eigenvalue weighted by Crippen LogP contribution is -2.33. The average molecular weight is 275 g/mol. The predicted molar refractivity (Wildman–Crippen MR) is 85.1 cm³/mol. The van der Waals surface area contributed by atoms with E-state index in [0.717, 1.165) is 19.6 Å². The highest BCUT2D eigenvalue weighted by molar-refractivity contribution is 5.31. The summed E-state index contributed by atoms with van der Waals surface area (Å²) in [7, 11) is 0. The maximum absolute atomic E-state index is 5.92. The van der Waals surface area contributed by atoms with Crippen LogP contribution in [0, 0.1) is 19.8 Å².